The number of carbonyl (C=O) groups is 1. The summed E-state index contributed by atoms with van der Waals surface area (Å²) in [6.07, 6.45) is -4.62. The third kappa shape index (κ3) is 4.20. The highest BCUT2D eigenvalue weighted by Gasteiger charge is 2.44. The van der Waals surface area contributed by atoms with Gasteiger partial charge in [0.25, 0.3) is 5.91 Å². The minimum absolute atomic E-state index is 0.0787. The summed E-state index contributed by atoms with van der Waals surface area (Å²) in [5, 5.41) is 5.41. The molecular weight excluding hydrogens is 445 g/mol. The topological polar surface area (TPSA) is 72.5 Å². The number of dihydropyridines is 1. The van der Waals surface area contributed by atoms with E-state index in [1.807, 2.05) is 0 Å². The summed E-state index contributed by atoms with van der Waals surface area (Å²) in [5.74, 6) is -1.11. The lowest BCUT2D eigenvalue weighted by Crippen LogP contribution is -2.43. The van der Waals surface area contributed by atoms with Gasteiger partial charge in [0.1, 0.15) is 11.0 Å². The minimum Gasteiger partial charge on any atom is -0.395 e. The zero-order valence-electron chi connectivity index (χ0n) is 15.9. The van der Waals surface area contributed by atoms with E-state index >= 15 is 0 Å². The first-order valence-corrected chi connectivity index (χ1v) is 9.65. The highest BCUT2D eigenvalue weighted by atomic mass is 32.1. The van der Waals surface area contributed by atoms with Gasteiger partial charge in [-0.25, -0.2) is 4.98 Å². The van der Waals surface area contributed by atoms with Gasteiger partial charge in [0, 0.05) is 6.20 Å². The lowest BCUT2D eigenvalue weighted by Gasteiger charge is -2.21. The average molecular weight is 459 g/mol. The minimum atomic E-state index is -4.74. The molecule has 0 saturated carbocycles. The van der Waals surface area contributed by atoms with Crippen molar-refractivity contribution < 1.29 is 36.2 Å². The highest BCUT2D eigenvalue weighted by Crippen LogP contribution is 2.43. The van der Waals surface area contributed by atoms with Crippen LogP contribution in [0.15, 0.2) is 30.5 Å². The molecule has 2 aliphatic rings. The van der Waals surface area contributed by atoms with E-state index in [9.17, 15) is 26.7 Å². The maximum absolute atomic E-state index is 13.3. The molecule has 3 heterocycles. The summed E-state index contributed by atoms with van der Waals surface area (Å²) >= 11 is 0.651. The predicted molar refractivity (Wildman–Crippen MR) is 101 cm³/mol. The molecule has 2 aliphatic heterocycles. The highest BCUT2D eigenvalue weighted by molar-refractivity contribution is 7.13. The van der Waals surface area contributed by atoms with E-state index in [1.165, 1.54) is 31.3 Å². The van der Waals surface area contributed by atoms with E-state index in [-0.39, 0.29) is 16.5 Å². The number of nitrogens with one attached hydrogen (secondary N) is 2. The smallest absolute Gasteiger partial charge is 0.395 e. The van der Waals surface area contributed by atoms with Crippen LogP contribution in [0.1, 0.15) is 31.5 Å². The van der Waals surface area contributed by atoms with Crippen molar-refractivity contribution in [2.45, 2.75) is 32.5 Å². The second-order valence-corrected chi connectivity index (χ2v) is 7.97. The molecule has 1 atom stereocenters. The number of allylic oxidation sites excluding steroid dienone is 2. The first-order valence-electron chi connectivity index (χ1n) is 8.84. The summed E-state index contributed by atoms with van der Waals surface area (Å²) in [4.78, 5) is 15.2. The fourth-order valence-electron chi connectivity index (χ4n) is 3.13. The van der Waals surface area contributed by atoms with Gasteiger partial charge in [-0.05, 0) is 48.8 Å². The monoisotopic (exact) mass is 459 g/mol. The number of hydrogen-bond acceptors (Lipinski definition) is 6. The first-order chi connectivity index (χ1) is 14.4. The molecule has 0 radical (unpaired) electrons. The Morgan fingerprint density at radius 1 is 1.23 bits per heavy atom. The van der Waals surface area contributed by atoms with Crippen LogP contribution in [0, 0.1) is 13.8 Å². The molecule has 6 nitrogen and oxygen atoms in total. The Bertz CT molecular complexity index is 1120. The van der Waals surface area contributed by atoms with Crippen LogP contribution in [0.3, 0.4) is 0 Å². The van der Waals surface area contributed by atoms with Gasteiger partial charge in [0.05, 0.1) is 5.01 Å². The van der Waals surface area contributed by atoms with Crippen LogP contribution in [0.5, 0.6) is 11.5 Å². The molecule has 4 rings (SSSR count). The molecule has 31 heavy (non-hydrogen) atoms. The molecule has 0 bridgehead atoms. The van der Waals surface area contributed by atoms with Gasteiger partial charge in [0.15, 0.2) is 17.2 Å². The molecule has 2 aromatic rings. The number of nitrogens with zero attached hydrogens (tertiary/aromatic N) is 1. The Labute approximate surface area is 176 Å². The number of thiazole rings is 1. The number of carbonyl (C=O) groups excluding carboxylic acids is 1. The number of fused-ring (bicyclic) bond motifs is 1. The fourth-order valence-corrected chi connectivity index (χ4v) is 3.97. The quantitative estimate of drug-likeness (QED) is 0.668. The van der Waals surface area contributed by atoms with Crippen molar-refractivity contribution in [3.8, 4) is 11.5 Å². The molecule has 12 heteroatoms. The molecule has 0 spiro atoms. The van der Waals surface area contributed by atoms with Gasteiger partial charge in [-0.2, -0.15) is 13.2 Å². The fraction of sp³-hybridized carbons (Fsp3) is 0.263. The zero-order chi connectivity index (χ0) is 22.6. The average Bonchev–Trinajstić information content (AvgIpc) is 3.20. The summed E-state index contributed by atoms with van der Waals surface area (Å²) in [6.45, 7) is 3.08. The molecule has 2 N–H and O–H groups in total. The number of aromatic nitrogens is 1. The Morgan fingerprint density at radius 2 is 1.90 bits per heavy atom. The van der Waals surface area contributed by atoms with Crippen molar-refractivity contribution >= 4 is 22.8 Å². The van der Waals surface area contributed by atoms with Crippen molar-refractivity contribution in [1.82, 2.24) is 15.6 Å². The zero-order valence-corrected chi connectivity index (χ0v) is 16.8. The van der Waals surface area contributed by atoms with Crippen LogP contribution in [0.2, 0.25) is 0 Å². The van der Waals surface area contributed by atoms with E-state index in [0.717, 1.165) is 0 Å². The van der Waals surface area contributed by atoms with Crippen LogP contribution < -0.4 is 20.1 Å². The van der Waals surface area contributed by atoms with Crippen LogP contribution in [0.25, 0.3) is 5.57 Å². The summed E-state index contributed by atoms with van der Waals surface area (Å²) < 4.78 is 74.6. The Kier molecular flexibility index (Phi) is 4.91. The number of ether oxygens (including phenoxy) is 2. The largest absolute Gasteiger partial charge is 0.586 e. The van der Waals surface area contributed by atoms with Crippen LogP contribution >= 0.6 is 11.3 Å². The number of benzene rings is 1. The number of aryl methyl sites for hydroxylation is 2. The van der Waals surface area contributed by atoms with Crippen molar-refractivity contribution in [3.63, 3.8) is 0 Å². The van der Waals surface area contributed by atoms with Crippen molar-refractivity contribution in [1.29, 1.82) is 0 Å². The summed E-state index contributed by atoms with van der Waals surface area (Å²) in [6, 6.07) is 2.82. The van der Waals surface area contributed by atoms with Gasteiger partial charge in [-0.3, -0.25) is 4.79 Å². The number of hydrogen-bond donors (Lipinski definition) is 2. The van der Waals surface area contributed by atoms with E-state index in [4.69, 9.17) is 0 Å². The summed E-state index contributed by atoms with van der Waals surface area (Å²) in [5.41, 5.74) is 0.576. The molecule has 1 amide bonds. The molecule has 1 aromatic heterocycles. The van der Waals surface area contributed by atoms with E-state index in [0.29, 0.717) is 28.0 Å². The van der Waals surface area contributed by atoms with Gasteiger partial charge in [-0.1, -0.05) is 6.08 Å². The van der Waals surface area contributed by atoms with Crippen molar-refractivity contribution in [2.24, 2.45) is 0 Å². The molecular formula is C19H14F5N3O3S. The molecule has 0 saturated heterocycles. The number of alkyl halides is 5. The van der Waals surface area contributed by atoms with Crippen molar-refractivity contribution in [3.05, 3.63) is 57.2 Å². The van der Waals surface area contributed by atoms with Gasteiger partial charge in [-0.15, -0.1) is 20.1 Å². The molecule has 1 unspecified atom stereocenters. The lowest BCUT2D eigenvalue weighted by molar-refractivity contribution is -0.286. The third-order valence-electron chi connectivity index (χ3n) is 4.44. The molecule has 164 valence electrons. The van der Waals surface area contributed by atoms with Gasteiger partial charge >= 0.3 is 12.5 Å². The maximum Gasteiger partial charge on any atom is 0.586 e. The lowest BCUT2D eigenvalue weighted by atomic mass is 9.98. The molecule has 0 aliphatic carbocycles. The second-order valence-electron chi connectivity index (χ2n) is 6.77. The number of halogens is 5. The summed E-state index contributed by atoms with van der Waals surface area (Å²) in [7, 11) is 0. The number of amides is 1. The number of rotatable bonds is 3. The Balaban J connectivity index is 1.48. The van der Waals surface area contributed by atoms with Gasteiger partial charge in [0.2, 0.25) is 0 Å². The SMILES string of the molecule is Cc1nc(C(F)(F)F)c(C(=O)NC2C=CC(c3cc4c(cc3C)OC(F)(F)O4)=CN2)s1. The van der Waals surface area contributed by atoms with E-state index in [1.54, 1.807) is 13.0 Å². The predicted octanol–water partition coefficient (Wildman–Crippen LogP) is 4.36. The normalized spacial score (nSPS) is 19.1. The Morgan fingerprint density at radius 3 is 2.52 bits per heavy atom. The second kappa shape index (κ2) is 7.22. The van der Waals surface area contributed by atoms with E-state index in [2.05, 4.69) is 25.1 Å². The first kappa shape index (κ1) is 21.1. The third-order valence-corrected chi connectivity index (χ3v) is 5.41. The van der Waals surface area contributed by atoms with E-state index < -0.39 is 35.1 Å². The maximum atomic E-state index is 13.3. The van der Waals surface area contributed by atoms with Gasteiger partial charge < -0.3 is 20.1 Å². The standard InChI is InChI=1S/C19H14F5N3O3S/c1-8-5-12-13(30-19(23,24)29-12)6-11(8)10-3-4-14(25-7-10)27-17(28)15-16(18(20,21)22)26-9(2)31-15/h3-7,14,25H,1-2H3,(H,27,28). The van der Waals surface area contributed by atoms with Crippen molar-refractivity contribution in [2.75, 3.05) is 0 Å². The van der Waals surface area contributed by atoms with Crippen LogP contribution in [-0.4, -0.2) is 23.4 Å². The Hall–Kier alpha value is -3.15. The molecule has 0 fully saturated rings. The van der Waals surface area contributed by atoms with Crippen LogP contribution in [-0.2, 0) is 6.18 Å². The van der Waals surface area contributed by atoms with Crippen LogP contribution in [0.4, 0.5) is 22.0 Å². The molecule has 1 aromatic carbocycles.